The average Bonchev–Trinajstić information content (AvgIpc) is 2.45. The zero-order valence-corrected chi connectivity index (χ0v) is 20.1. The molecule has 0 bridgehead atoms. The number of hydrogen-bond acceptors (Lipinski definition) is 2. The predicted molar refractivity (Wildman–Crippen MR) is 116 cm³/mol. The molecule has 24 heavy (non-hydrogen) atoms. The average molecular weight is 418 g/mol. The van der Waals surface area contributed by atoms with Gasteiger partial charge in [0.1, 0.15) is 0 Å². The van der Waals surface area contributed by atoms with Crippen LogP contribution >= 0.6 is 22.2 Å². The molecule has 0 fully saturated rings. The van der Waals surface area contributed by atoms with Crippen LogP contribution in [0, 0.1) is 0 Å². The van der Waals surface area contributed by atoms with E-state index in [1.54, 1.807) is 6.55 Å². The molecule has 2 N–H and O–H groups in total. The van der Waals surface area contributed by atoms with Gasteiger partial charge < -0.3 is 9.59 Å². The topological polar surface area (TPSA) is 40.5 Å². The quantitative estimate of drug-likeness (QED) is 0.177. The van der Waals surface area contributed by atoms with Gasteiger partial charge in [-0.3, -0.25) is 0 Å². The van der Waals surface area contributed by atoms with Gasteiger partial charge in [-0.05, 0) is 25.2 Å². The summed E-state index contributed by atoms with van der Waals surface area (Å²) >= 11 is 12.0. The molecule has 0 aliphatic heterocycles. The number of halogens is 2. The summed E-state index contributed by atoms with van der Waals surface area (Å²) in [5.41, 5.74) is 0. The Morgan fingerprint density at radius 1 is 0.583 bits per heavy atom. The zero-order valence-electron chi connectivity index (χ0n) is 16.5. The molecule has 0 saturated carbocycles. The van der Waals surface area contributed by atoms with Crippen LogP contribution in [-0.4, -0.2) is 24.8 Å². The van der Waals surface area contributed by atoms with E-state index in [0.29, 0.717) is 6.04 Å². The van der Waals surface area contributed by atoms with Gasteiger partial charge >= 0.3 is 8.56 Å². The minimum absolute atomic E-state index is 0.638. The van der Waals surface area contributed by atoms with Crippen LogP contribution in [0.25, 0.3) is 0 Å². The molecular weight excluding hydrogens is 375 g/mol. The molecule has 0 atom stereocenters. The predicted octanol–water partition coefficient (Wildman–Crippen LogP) is 7.30. The highest BCUT2D eigenvalue weighted by molar-refractivity contribution is 7.44. The molecule has 0 aromatic heterocycles. The SMILES string of the molecule is CCCCCCCC[Si](C)(Cl)Cl.CCCCCCCC[Si](C)(O)O. The summed E-state index contributed by atoms with van der Waals surface area (Å²) in [6.07, 6.45) is 15.2. The second kappa shape index (κ2) is 17.4. The normalized spacial score (nSPS) is 12.0. The third-order valence-electron chi connectivity index (χ3n) is 3.97. The van der Waals surface area contributed by atoms with Gasteiger partial charge in [0.15, 0.2) is 0 Å². The van der Waals surface area contributed by atoms with Crippen LogP contribution in [0.4, 0.5) is 0 Å². The molecule has 0 amide bonds. The van der Waals surface area contributed by atoms with E-state index in [1.807, 2.05) is 6.55 Å². The van der Waals surface area contributed by atoms with Crippen molar-refractivity contribution in [3.8, 4) is 0 Å². The van der Waals surface area contributed by atoms with E-state index in [4.69, 9.17) is 31.7 Å². The van der Waals surface area contributed by atoms with Gasteiger partial charge in [0.2, 0.25) is 6.69 Å². The van der Waals surface area contributed by atoms with Crippen LogP contribution in [0.15, 0.2) is 0 Å². The molecule has 0 aliphatic carbocycles. The molecule has 0 radical (unpaired) electrons. The van der Waals surface area contributed by atoms with Gasteiger partial charge in [0.05, 0.1) is 0 Å². The molecular formula is C18H42Cl2O2Si2. The first kappa shape index (κ1) is 27.2. The molecule has 0 rings (SSSR count). The van der Waals surface area contributed by atoms with Gasteiger partial charge in [-0.2, -0.15) is 0 Å². The fourth-order valence-corrected chi connectivity index (χ4v) is 5.05. The van der Waals surface area contributed by atoms with Gasteiger partial charge in [-0.25, -0.2) is 0 Å². The smallest absolute Gasteiger partial charge is 0.329 e. The highest BCUT2D eigenvalue weighted by Gasteiger charge is 2.20. The van der Waals surface area contributed by atoms with Crippen molar-refractivity contribution in [1.82, 2.24) is 0 Å². The van der Waals surface area contributed by atoms with E-state index < -0.39 is 15.3 Å². The Bertz CT molecular complexity index is 228. The van der Waals surface area contributed by atoms with Crippen LogP contribution < -0.4 is 0 Å². The van der Waals surface area contributed by atoms with E-state index >= 15 is 0 Å². The molecule has 0 unspecified atom stereocenters. The van der Waals surface area contributed by atoms with Crippen molar-refractivity contribution in [2.24, 2.45) is 0 Å². The van der Waals surface area contributed by atoms with E-state index in [9.17, 15) is 0 Å². The monoisotopic (exact) mass is 416 g/mol. The van der Waals surface area contributed by atoms with Crippen molar-refractivity contribution in [1.29, 1.82) is 0 Å². The van der Waals surface area contributed by atoms with Crippen molar-refractivity contribution in [2.45, 2.75) is 116 Å². The molecule has 6 heteroatoms. The number of unbranched alkanes of at least 4 members (excludes halogenated alkanes) is 10. The van der Waals surface area contributed by atoms with Crippen molar-refractivity contribution in [2.75, 3.05) is 0 Å². The van der Waals surface area contributed by atoms with E-state index in [0.717, 1.165) is 18.9 Å². The Morgan fingerprint density at radius 2 is 0.917 bits per heavy atom. The fourth-order valence-electron chi connectivity index (χ4n) is 2.46. The molecule has 2 nitrogen and oxygen atoms in total. The molecule has 0 aromatic rings. The summed E-state index contributed by atoms with van der Waals surface area (Å²) in [6.45, 7) is 6.24. The standard InChI is InChI=1S/C9H20Cl2Si.C9H22O2Si/c2*1-3-4-5-6-7-8-9-12(2,10)11/h3-9H2,1-2H3;10-11H,3-9H2,1-2H3. The zero-order chi connectivity index (χ0) is 18.9. The van der Waals surface area contributed by atoms with E-state index in [1.165, 1.54) is 64.2 Å². The van der Waals surface area contributed by atoms with Crippen molar-refractivity contribution < 1.29 is 9.59 Å². The number of hydrogen-bond donors (Lipinski definition) is 2. The Balaban J connectivity index is 0. The van der Waals surface area contributed by atoms with Crippen molar-refractivity contribution in [3.05, 3.63) is 0 Å². The minimum atomic E-state index is -2.73. The van der Waals surface area contributed by atoms with Gasteiger partial charge in [-0.1, -0.05) is 90.9 Å². The lowest BCUT2D eigenvalue weighted by atomic mass is 10.1. The molecule has 0 aliphatic rings. The maximum absolute atomic E-state index is 9.11. The van der Waals surface area contributed by atoms with Crippen molar-refractivity contribution >= 4 is 37.4 Å². The Morgan fingerprint density at radius 3 is 1.25 bits per heavy atom. The number of rotatable bonds is 14. The summed E-state index contributed by atoms with van der Waals surface area (Å²) in [7, 11) is -2.73. The van der Waals surface area contributed by atoms with Gasteiger partial charge in [0, 0.05) is 0 Å². The second-order valence-corrected chi connectivity index (χ2v) is 18.5. The van der Waals surface area contributed by atoms with Gasteiger partial charge in [0.25, 0.3) is 0 Å². The van der Waals surface area contributed by atoms with Crippen LogP contribution in [0.5, 0.6) is 0 Å². The molecule has 148 valence electrons. The van der Waals surface area contributed by atoms with Crippen LogP contribution in [0.1, 0.15) is 90.9 Å². The molecule has 0 aromatic carbocycles. The van der Waals surface area contributed by atoms with E-state index in [2.05, 4.69) is 13.8 Å². The molecule has 0 heterocycles. The van der Waals surface area contributed by atoms with Crippen LogP contribution in [0.3, 0.4) is 0 Å². The third-order valence-corrected chi connectivity index (χ3v) is 7.64. The van der Waals surface area contributed by atoms with Crippen LogP contribution in [-0.2, 0) is 0 Å². The highest BCUT2D eigenvalue weighted by atomic mass is 35.7. The Hall–Kier alpha value is 0.934. The third kappa shape index (κ3) is 30.8. The summed E-state index contributed by atoms with van der Waals surface area (Å²) in [5.74, 6) is 0. The minimum Gasteiger partial charge on any atom is -0.411 e. The lowest BCUT2D eigenvalue weighted by molar-refractivity contribution is 0.366. The Labute approximate surface area is 163 Å². The summed E-state index contributed by atoms with van der Waals surface area (Å²) < 4.78 is 0. The lowest BCUT2D eigenvalue weighted by Crippen LogP contribution is -2.29. The van der Waals surface area contributed by atoms with Crippen molar-refractivity contribution in [3.63, 3.8) is 0 Å². The first-order valence-corrected chi connectivity index (χ1v) is 17.3. The second-order valence-electron chi connectivity index (χ2n) is 7.32. The first-order chi connectivity index (χ1) is 11.1. The molecule has 0 spiro atoms. The summed E-state index contributed by atoms with van der Waals surface area (Å²) in [6, 6.07) is 1.70. The maximum atomic E-state index is 9.11. The largest absolute Gasteiger partial charge is 0.411 e. The fraction of sp³-hybridized carbons (Fsp3) is 1.00. The summed E-state index contributed by atoms with van der Waals surface area (Å²) in [5, 5.41) is 0. The maximum Gasteiger partial charge on any atom is 0.329 e. The lowest BCUT2D eigenvalue weighted by Gasteiger charge is -2.10. The van der Waals surface area contributed by atoms with E-state index in [-0.39, 0.29) is 0 Å². The van der Waals surface area contributed by atoms with Crippen LogP contribution in [0.2, 0.25) is 25.2 Å². The van der Waals surface area contributed by atoms with Gasteiger partial charge in [-0.15, -0.1) is 22.2 Å². The molecule has 0 saturated heterocycles. The highest BCUT2D eigenvalue weighted by Crippen LogP contribution is 2.23. The first-order valence-electron chi connectivity index (χ1n) is 9.95. The Kier molecular flexibility index (Phi) is 19.6. The summed E-state index contributed by atoms with van der Waals surface area (Å²) in [4.78, 5) is 18.2.